The molecule has 0 radical (unpaired) electrons. The monoisotopic (exact) mass is 435 g/mol. The number of hydrogen-bond acceptors (Lipinski definition) is 6. The molecule has 1 aromatic carbocycles. The molecule has 1 amide bonds. The van der Waals surface area contributed by atoms with Crippen molar-refractivity contribution in [1.82, 2.24) is 19.9 Å². The second-order valence-electron chi connectivity index (χ2n) is 7.89. The fourth-order valence-electron chi connectivity index (χ4n) is 4.12. The van der Waals surface area contributed by atoms with Gasteiger partial charge in [-0.25, -0.2) is 9.97 Å². The summed E-state index contributed by atoms with van der Waals surface area (Å²) >= 11 is 0. The topological polar surface area (TPSA) is 89.3 Å². The Kier molecular flexibility index (Phi) is 6.68. The van der Waals surface area contributed by atoms with Crippen LogP contribution in [0.1, 0.15) is 32.3 Å². The largest absolute Gasteiger partial charge is 0.494 e. The molecule has 3 heterocycles. The molecular formula is C24H29N5O3. The third kappa shape index (κ3) is 4.59. The van der Waals surface area contributed by atoms with Gasteiger partial charge in [-0.2, -0.15) is 0 Å². The number of amides is 1. The molecule has 2 aromatic heterocycles. The van der Waals surface area contributed by atoms with Crippen LogP contribution in [0.25, 0.3) is 11.2 Å². The zero-order valence-electron chi connectivity index (χ0n) is 18.6. The Bertz CT molecular complexity index is 1130. The number of nitrogens with one attached hydrogen (secondary N) is 1. The average Bonchev–Trinajstić information content (AvgIpc) is 2.83. The van der Waals surface area contributed by atoms with E-state index in [1.807, 2.05) is 55.1 Å². The summed E-state index contributed by atoms with van der Waals surface area (Å²) in [4.78, 5) is 36.6. The number of carbonyl (C=O) groups is 1. The van der Waals surface area contributed by atoms with Crippen LogP contribution >= 0.6 is 0 Å². The van der Waals surface area contributed by atoms with Gasteiger partial charge in [0.05, 0.1) is 6.61 Å². The van der Waals surface area contributed by atoms with Crippen LogP contribution in [-0.4, -0.2) is 40.1 Å². The highest BCUT2D eigenvalue weighted by atomic mass is 16.5. The van der Waals surface area contributed by atoms with E-state index in [4.69, 9.17) is 4.74 Å². The van der Waals surface area contributed by atoms with Crippen molar-refractivity contribution in [3.8, 4) is 5.75 Å². The lowest BCUT2D eigenvalue weighted by atomic mass is 9.96. The zero-order valence-corrected chi connectivity index (χ0v) is 18.6. The summed E-state index contributed by atoms with van der Waals surface area (Å²) in [6, 6.07) is 11.5. The summed E-state index contributed by atoms with van der Waals surface area (Å²) in [5, 5.41) is 3.04. The first-order valence-electron chi connectivity index (χ1n) is 11.2. The number of fused-ring (bicyclic) bond motifs is 1. The third-order valence-corrected chi connectivity index (χ3v) is 5.87. The molecule has 8 heteroatoms. The highest BCUT2D eigenvalue weighted by Gasteiger charge is 2.27. The molecule has 0 spiro atoms. The van der Waals surface area contributed by atoms with Crippen molar-refractivity contribution in [2.24, 2.45) is 5.92 Å². The number of hydrogen-bond donors (Lipinski definition) is 1. The molecule has 0 unspecified atom stereocenters. The molecule has 1 fully saturated rings. The highest BCUT2D eigenvalue weighted by Crippen LogP contribution is 2.22. The maximum absolute atomic E-state index is 13.0. The van der Waals surface area contributed by atoms with E-state index < -0.39 is 0 Å². The molecule has 168 valence electrons. The standard InChI is InChI=1S/C24H29N5O3/c1-3-29-21-20(6-5-13-25-21)27-22(24(29)31)28-14-11-18(12-15-28)23(30)26-16-17-7-9-19(10-8-17)32-4-2/h5-10,13,18H,3-4,11-12,14-16H2,1-2H3,(H,26,30). The zero-order chi connectivity index (χ0) is 22.5. The molecule has 4 rings (SSSR count). The molecule has 1 aliphatic rings. The summed E-state index contributed by atoms with van der Waals surface area (Å²) in [5.74, 6) is 1.26. The van der Waals surface area contributed by atoms with Gasteiger partial charge in [0, 0.05) is 38.3 Å². The van der Waals surface area contributed by atoms with Crippen molar-refractivity contribution in [3.63, 3.8) is 0 Å². The predicted molar refractivity (Wildman–Crippen MR) is 124 cm³/mol. The van der Waals surface area contributed by atoms with E-state index in [0.29, 0.717) is 62.6 Å². The number of piperidine rings is 1. The van der Waals surface area contributed by atoms with E-state index >= 15 is 0 Å². The Morgan fingerprint density at radius 3 is 2.59 bits per heavy atom. The number of pyridine rings is 1. The number of carbonyl (C=O) groups excluding carboxylic acids is 1. The fraction of sp³-hybridized carbons (Fsp3) is 0.417. The van der Waals surface area contributed by atoms with Crippen LogP contribution in [0.2, 0.25) is 0 Å². The number of benzene rings is 1. The molecule has 8 nitrogen and oxygen atoms in total. The van der Waals surface area contributed by atoms with Crippen molar-refractivity contribution in [2.45, 2.75) is 39.8 Å². The summed E-state index contributed by atoms with van der Waals surface area (Å²) in [6.45, 7) is 6.79. The molecule has 1 N–H and O–H groups in total. The first-order chi connectivity index (χ1) is 15.6. The first kappa shape index (κ1) is 21.8. The SMILES string of the molecule is CCOc1ccc(CNC(=O)C2CCN(c3nc4cccnc4n(CC)c3=O)CC2)cc1. The molecule has 32 heavy (non-hydrogen) atoms. The van der Waals surface area contributed by atoms with Crippen LogP contribution in [0.5, 0.6) is 5.75 Å². The Morgan fingerprint density at radius 1 is 1.16 bits per heavy atom. The Hall–Kier alpha value is -3.42. The predicted octanol–water partition coefficient (Wildman–Crippen LogP) is 2.74. The van der Waals surface area contributed by atoms with Gasteiger partial charge < -0.3 is 15.0 Å². The van der Waals surface area contributed by atoms with Gasteiger partial charge in [-0.1, -0.05) is 12.1 Å². The van der Waals surface area contributed by atoms with Crippen molar-refractivity contribution in [3.05, 3.63) is 58.5 Å². The molecule has 3 aromatic rings. The van der Waals surface area contributed by atoms with Gasteiger partial charge in [0.25, 0.3) is 5.56 Å². The van der Waals surface area contributed by atoms with Gasteiger partial charge >= 0.3 is 0 Å². The van der Waals surface area contributed by atoms with Crippen molar-refractivity contribution in [1.29, 1.82) is 0 Å². The van der Waals surface area contributed by atoms with Gasteiger partial charge in [0.1, 0.15) is 11.3 Å². The van der Waals surface area contributed by atoms with Gasteiger partial charge in [0.2, 0.25) is 5.91 Å². The quantitative estimate of drug-likeness (QED) is 0.614. The van der Waals surface area contributed by atoms with Crippen molar-refractivity contribution in [2.75, 3.05) is 24.6 Å². The minimum Gasteiger partial charge on any atom is -0.494 e. The van der Waals surface area contributed by atoms with Gasteiger partial charge in [0.15, 0.2) is 11.5 Å². The van der Waals surface area contributed by atoms with Crippen LogP contribution in [0.15, 0.2) is 47.4 Å². The summed E-state index contributed by atoms with van der Waals surface area (Å²) in [7, 11) is 0. The summed E-state index contributed by atoms with van der Waals surface area (Å²) < 4.78 is 7.11. The normalized spacial score (nSPS) is 14.5. The number of anilines is 1. The van der Waals surface area contributed by atoms with Crippen molar-refractivity contribution >= 4 is 22.9 Å². The van der Waals surface area contributed by atoms with Gasteiger partial charge in [-0.05, 0) is 56.5 Å². The second kappa shape index (κ2) is 9.80. The Labute approximate surface area is 187 Å². The Morgan fingerprint density at radius 2 is 1.91 bits per heavy atom. The van der Waals surface area contributed by atoms with Crippen LogP contribution in [0, 0.1) is 5.92 Å². The molecule has 0 bridgehead atoms. The average molecular weight is 436 g/mol. The lowest BCUT2D eigenvalue weighted by molar-refractivity contribution is -0.125. The van der Waals surface area contributed by atoms with Crippen molar-refractivity contribution < 1.29 is 9.53 Å². The minimum atomic E-state index is -0.128. The number of ether oxygens (including phenoxy) is 1. The van der Waals surface area contributed by atoms with E-state index in [2.05, 4.69) is 15.3 Å². The Balaban J connectivity index is 1.37. The van der Waals surface area contributed by atoms with E-state index in [1.165, 1.54) is 0 Å². The molecule has 0 atom stereocenters. The number of aromatic nitrogens is 3. The van der Waals surface area contributed by atoms with Gasteiger partial charge in [-0.15, -0.1) is 0 Å². The minimum absolute atomic E-state index is 0.0557. The maximum atomic E-state index is 13.0. The third-order valence-electron chi connectivity index (χ3n) is 5.87. The second-order valence-corrected chi connectivity index (χ2v) is 7.89. The van der Waals surface area contributed by atoms with Gasteiger partial charge in [-0.3, -0.25) is 14.2 Å². The molecular weight excluding hydrogens is 406 g/mol. The number of nitrogens with zero attached hydrogens (tertiary/aromatic N) is 4. The smallest absolute Gasteiger partial charge is 0.295 e. The van der Waals surface area contributed by atoms with E-state index in [1.54, 1.807) is 10.8 Å². The maximum Gasteiger partial charge on any atom is 0.295 e. The highest BCUT2D eigenvalue weighted by molar-refractivity contribution is 5.79. The molecule has 1 saturated heterocycles. The van der Waals surface area contributed by atoms with E-state index in [9.17, 15) is 9.59 Å². The number of rotatable bonds is 7. The first-order valence-corrected chi connectivity index (χ1v) is 11.2. The van der Waals surface area contributed by atoms with Crippen LogP contribution in [0.3, 0.4) is 0 Å². The molecule has 1 aliphatic heterocycles. The molecule has 0 aliphatic carbocycles. The molecule has 0 saturated carbocycles. The summed E-state index contributed by atoms with van der Waals surface area (Å²) in [5.41, 5.74) is 2.22. The fourth-order valence-corrected chi connectivity index (χ4v) is 4.12. The van der Waals surface area contributed by atoms with Crippen LogP contribution in [-0.2, 0) is 17.9 Å². The summed E-state index contributed by atoms with van der Waals surface area (Å²) in [6.07, 6.45) is 3.05. The van der Waals surface area contributed by atoms with E-state index in [-0.39, 0.29) is 17.4 Å². The van der Waals surface area contributed by atoms with Crippen LogP contribution < -0.4 is 20.5 Å². The van der Waals surface area contributed by atoms with Crippen LogP contribution in [0.4, 0.5) is 5.82 Å². The lowest BCUT2D eigenvalue weighted by Crippen LogP contribution is -2.43. The van der Waals surface area contributed by atoms with E-state index in [0.717, 1.165) is 11.3 Å². The lowest BCUT2D eigenvalue weighted by Gasteiger charge is -2.32. The number of aryl methyl sites for hydroxylation is 1.